The normalized spacial score (nSPS) is 9.50. The molecule has 1 aromatic carbocycles. The van der Waals surface area contributed by atoms with E-state index in [1.807, 2.05) is 18.2 Å². The topological polar surface area (TPSA) is 40.9 Å². The van der Waals surface area contributed by atoms with Crippen molar-refractivity contribution < 1.29 is 4.79 Å². The lowest BCUT2D eigenvalue weighted by Gasteiger charge is -2.03. The molecule has 1 aromatic rings. The second-order valence-corrected chi connectivity index (χ2v) is 4.30. The third-order valence-corrected chi connectivity index (χ3v) is 2.89. The molecule has 0 unspecified atom stereocenters. The molecule has 0 aliphatic heterocycles. The van der Waals surface area contributed by atoms with Gasteiger partial charge in [0.25, 0.3) is 0 Å². The van der Waals surface area contributed by atoms with Crippen LogP contribution in [-0.2, 0) is 17.6 Å². The molecule has 1 rings (SSSR count). The summed E-state index contributed by atoms with van der Waals surface area (Å²) in [6.07, 6.45) is 0.860. The summed E-state index contributed by atoms with van der Waals surface area (Å²) in [6.45, 7) is 1.57. The monoisotopic (exact) mass is 299 g/mol. The van der Waals surface area contributed by atoms with Crippen LogP contribution < -0.4 is 0 Å². The van der Waals surface area contributed by atoms with Crippen LogP contribution in [0.3, 0.4) is 0 Å². The van der Waals surface area contributed by atoms with Gasteiger partial charge in [-0.05, 0) is 46.7 Å². The van der Waals surface area contributed by atoms with Gasteiger partial charge in [-0.1, -0.05) is 12.1 Å². The number of rotatable bonds is 3. The lowest BCUT2D eigenvalue weighted by Crippen LogP contribution is -1.98. The minimum atomic E-state index is 0.147. The zero-order valence-corrected chi connectivity index (χ0v) is 10.0. The smallest absolute Gasteiger partial charge is 0.134 e. The third-order valence-electron chi connectivity index (χ3n) is 1.83. The maximum absolute atomic E-state index is 10.9. The van der Waals surface area contributed by atoms with E-state index in [2.05, 4.69) is 28.7 Å². The number of carbonyl (C=O) groups excluding carboxylic acids is 1. The second kappa shape index (κ2) is 5.11. The Morgan fingerprint density at radius 2 is 2.29 bits per heavy atom. The Kier molecular flexibility index (Phi) is 4.08. The average Bonchev–Trinajstić information content (AvgIpc) is 2.10. The first-order valence-corrected chi connectivity index (χ1v) is 5.35. The van der Waals surface area contributed by atoms with E-state index in [1.54, 1.807) is 6.92 Å². The summed E-state index contributed by atoms with van der Waals surface area (Å²) in [5, 5.41) is 8.60. The molecule has 72 valence electrons. The highest BCUT2D eigenvalue weighted by Crippen LogP contribution is 2.15. The first-order chi connectivity index (χ1) is 6.63. The Bertz CT molecular complexity index is 393. The standard InChI is InChI=1S/C11H10INO/c1-8(14)6-9-2-3-11(12)10(7-9)4-5-13/h2-3,7H,4,6H2,1H3. The Morgan fingerprint density at radius 3 is 2.86 bits per heavy atom. The molecular weight excluding hydrogens is 289 g/mol. The maximum atomic E-state index is 10.9. The highest BCUT2D eigenvalue weighted by molar-refractivity contribution is 14.1. The quantitative estimate of drug-likeness (QED) is 0.805. The average molecular weight is 299 g/mol. The van der Waals surface area contributed by atoms with Crippen LogP contribution in [0.15, 0.2) is 18.2 Å². The van der Waals surface area contributed by atoms with Gasteiger partial charge in [-0.25, -0.2) is 0 Å². The van der Waals surface area contributed by atoms with Crippen molar-refractivity contribution in [3.8, 4) is 6.07 Å². The van der Waals surface area contributed by atoms with Crippen molar-refractivity contribution in [2.75, 3.05) is 0 Å². The van der Waals surface area contributed by atoms with Gasteiger partial charge in [0.2, 0.25) is 0 Å². The molecule has 0 heterocycles. The van der Waals surface area contributed by atoms with Crippen LogP contribution in [-0.4, -0.2) is 5.78 Å². The fourth-order valence-electron chi connectivity index (χ4n) is 1.25. The number of hydrogen-bond acceptors (Lipinski definition) is 2. The zero-order valence-electron chi connectivity index (χ0n) is 7.88. The van der Waals surface area contributed by atoms with Gasteiger partial charge in [0.1, 0.15) is 5.78 Å². The highest BCUT2D eigenvalue weighted by Gasteiger charge is 2.03. The summed E-state index contributed by atoms with van der Waals surface area (Å²) in [7, 11) is 0. The van der Waals surface area contributed by atoms with E-state index in [9.17, 15) is 4.79 Å². The minimum Gasteiger partial charge on any atom is -0.300 e. The SMILES string of the molecule is CC(=O)Cc1ccc(I)c(CC#N)c1. The molecule has 0 saturated heterocycles. The van der Waals surface area contributed by atoms with Gasteiger partial charge in [-0.3, -0.25) is 4.79 Å². The number of ketones is 1. The molecule has 0 spiro atoms. The summed E-state index contributed by atoms with van der Waals surface area (Å²) in [6, 6.07) is 7.94. The van der Waals surface area contributed by atoms with Crippen molar-refractivity contribution >= 4 is 28.4 Å². The summed E-state index contributed by atoms with van der Waals surface area (Å²) in [5.74, 6) is 0.147. The Balaban J connectivity index is 2.95. The first kappa shape index (κ1) is 11.2. The van der Waals surface area contributed by atoms with E-state index in [0.717, 1.165) is 14.7 Å². The Morgan fingerprint density at radius 1 is 1.57 bits per heavy atom. The highest BCUT2D eigenvalue weighted by atomic mass is 127. The van der Waals surface area contributed by atoms with Crippen LogP contribution >= 0.6 is 22.6 Å². The number of Topliss-reactive ketones (excluding diaryl/α,β-unsaturated/α-hetero) is 1. The van der Waals surface area contributed by atoms with Crippen molar-refractivity contribution in [2.24, 2.45) is 0 Å². The minimum absolute atomic E-state index is 0.147. The number of nitriles is 1. The Labute approximate surface area is 97.1 Å². The molecule has 0 amide bonds. The molecule has 0 bridgehead atoms. The van der Waals surface area contributed by atoms with E-state index in [-0.39, 0.29) is 5.78 Å². The number of hydrogen-bond donors (Lipinski definition) is 0. The number of nitrogens with zero attached hydrogens (tertiary/aromatic N) is 1. The van der Waals surface area contributed by atoms with Gasteiger partial charge in [0.15, 0.2) is 0 Å². The van der Waals surface area contributed by atoms with Crippen LogP contribution in [0, 0.1) is 14.9 Å². The number of halogens is 1. The molecule has 0 aliphatic rings. The van der Waals surface area contributed by atoms with Crippen LogP contribution in [0.2, 0.25) is 0 Å². The lowest BCUT2D eigenvalue weighted by molar-refractivity contribution is -0.116. The summed E-state index contributed by atoms with van der Waals surface area (Å²) in [4.78, 5) is 10.9. The summed E-state index contributed by atoms with van der Waals surface area (Å²) < 4.78 is 1.08. The van der Waals surface area contributed by atoms with Gasteiger partial charge in [-0.2, -0.15) is 5.26 Å². The fraction of sp³-hybridized carbons (Fsp3) is 0.273. The number of carbonyl (C=O) groups is 1. The molecule has 14 heavy (non-hydrogen) atoms. The molecule has 0 N–H and O–H groups in total. The largest absolute Gasteiger partial charge is 0.300 e. The zero-order chi connectivity index (χ0) is 10.6. The van der Waals surface area contributed by atoms with Gasteiger partial charge in [0.05, 0.1) is 12.5 Å². The second-order valence-electron chi connectivity index (χ2n) is 3.14. The first-order valence-electron chi connectivity index (χ1n) is 4.27. The van der Waals surface area contributed by atoms with E-state index < -0.39 is 0 Å². The van der Waals surface area contributed by atoms with E-state index in [0.29, 0.717) is 12.8 Å². The summed E-state index contributed by atoms with van der Waals surface area (Å²) >= 11 is 2.20. The van der Waals surface area contributed by atoms with Gasteiger partial charge in [0, 0.05) is 9.99 Å². The Hall–Kier alpha value is -0.890. The molecule has 0 aromatic heterocycles. The van der Waals surface area contributed by atoms with Gasteiger partial charge < -0.3 is 0 Å². The molecule has 0 atom stereocenters. The van der Waals surface area contributed by atoms with Gasteiger partial charge >= 0.3 is 0 Å². The molecule has 3 heteroatoms. The van der Waals surface area contributed by atoms with Gasteiger partial charge in [-0.15, -0.1) is 0 Å². The maximum Gasteiger partial charge on any atom is 0.134 e. The van der Waals surface area contributed by atoms with E-state index in [1.165, 1.54) is 0 Å². The van der Waals surface area contributed by atoms with Crippen molar-refractivity contribution in [3.05, 3.63) is 32.9 Å². The lowest BCUT2D eigenvalue weighted by atomic mass is 10.1. The van der Waals surface area contributed by atoms with Crippen LogP contribution in [0.4, 0.5) is 0 Å². The third kappa shape index (κ3) is 3.11. The molecule has 0 saturated carbocycles. The molecule has 2 nitrogen and oxygen atoms in total. The predicted molar refractivity (Wildman–Crippen MR) is 62.9 cm³/mol. The van der Waals surface area contributed by atoms with Crippen LogP contribution in [0.1, 0.15) is 18.1 Å². The van der Waals surface area contributed by atoms with E-state index in [4.69, 9.17) is 5.26 Å². The molecular formula is C11H10INO. The molecule has 0 aliphatic carbocycles. The van der Waals surface area contributed by atoms with E-state index >= 15 is 0 Å². The summed E-state index contributed by atoms with van der Waals surface area (Å²) in [5.41, 5.74) is 2.00. The van der Waals surface area contributed by atoms with Crippen LogP contribution in [0.25, 0.3) is 0 Å². The number of benzene rings is 1. The van der Waals surface area contributed by atoms with Crippen molar-refractivity contribution in [1.29, 1.82) is 5.26 Å². The predicted octanol–water partition coefficient (Wildman–Crippen LogP) is 2.49. The molecule has 0 fully saturated rings. The molecule has 0 radical (unpaired) electrons. The van der Waals surface area contributed by atoms with Crippen molar-refractivity contribution in [1.82, 2.24) is 0 Å². The van der Waals surface area contributed by atoms with Crippen LogP contribution in [0.5, 0.6) is 0 Å². The fourth-order valence-corrected chi connectivity index (χ4v) is 1.77. The van der Waals surface area contributed by atoms with Crippen molar-refractivity contribution in [3.63, 3.8) is 0 Å². The van der Waals surface area contributed by atoms with Crippen molar-refractivity contribution in [2.45, 2.75) is 19.8 Å².